The predicted molar refractivity (Wildman–Crippen MR) is 142 cm³/mol. The van der Waals surface area contributed by atoms with Gasteiger partial charge in [0.1, 0.15) is 23.5 Å². The minimum atomic E-state index is -0.415. The lowest BCUT2D eigenvalue weighted by Crippen LogP contribution is -2.45. The quantitative estimate of drug-likeness (QED) is 0.199. The van der Waals surface area contributed by atoms with Crippen LogP contribution in [0.5, 0.6) is 5.75 Å². The van der Waals surface area contributed by atoms with E-state index in [0.29, 0.717) is 17.4 Å². The normalized spacial score (nSPS) is 22.6. The maximum atomic E-state index is 11.7. The molecule has 36 heavy (non-hydrogen) atoms. The standard InChI is InChI=1S/C32H38N2O2/c1-3-5-6-7-27-20-24-16-18-32(27,19-17-24)26-13-9-23(10-14-26)8-11-25-12-15-30(36-31(35)4-2)29(22-34)28(25)21-33/h9-10,12-15,24,27H,3-8,11,16-20H2,1-2H3. The molecule has 4 nitrogen and oxygen atoms in total. The second kappa shape index (κ2) is 11.7. The number of esters is 1. The number of ether oxygens (including phenoxy) is 1. The van der Waals surface area contributed by atoms with E-state index in [1.54, 1.807) is 13.0 Å². The van der Waals surface area contributed by atoms with Crippen molar-refractivity contribution in [3.63, 3.8) is 0 Å². The van der Waals surface area contributed by atoms with E-state index in [9.17, 15) is 15.3 Å². The molecule has 0 heterocycles. The van der Waals surface area contributed by atoms with Crippen molar-refractivity contribution in [2.24, 2.45) is 11.8 Å². The van der Waals surface area contributed by atoms with E-state index in [1.165, 1.54) is 68.9 Å². The van der Waals surface area contributed by atoms with Gasteiger partial charge in [0, 0.05) is 6.42 Å². The Morgan fingerprint density at radius 3 is 2.33 bits per heavy atom. The molecule has 4 heteroatoms. The Balaban J connectivity index is 1.48. The van der Waals surface area contributed by atoms with Gasteiger partial charge in [-0.1, -0.05) is 63.4 Å². The molecule has 2 bridgehead atoms. The molecule has 3 aliphatic rings. The summed E-state index contributed by atoms with van der Waals surface area (Å²) in [5.74, 6) is 1.53. The van der Waals surface area contributed by atoms with Crippen molar-refractivity contribution in [1.29, 1.82) is 10.5 Å². The molecule has 5 rings (SSSR count). The van der Waals surface area contributed by atoms with Crippen LogP contribution in [0.2, 0.25) is 0 Å². The Labute approximate surface area is 216 Å². The molecule has 0 radical (unpaired) electrons. The minimum Gasteiger partial charge on any atom is -0.425 e. The fourth-order valence-corrected chi connectivity index (χ4v) is 6.66. The summed E-state index contributed by atoms with van der Waals surface area (Å²) in [4.78, 5) is 11.7. The molecule has 2 aromatic rings. The molecule has 3 aliphatic carbocycles. The van der Waals surface area contributed by atoms with Crippen LogP contribution in [0.25, 0.3) is 0 Å². The van der Waals surface area contributed by atoms with Gasteiger partial charge in [-0.05, 0) is 91.4 Å². The second-order valence-electron chi connectivity index (χ2n) is 10.7. The van der Waals surface area contributed by atoms with Gasteiger partial charge < -0.3 is 4.74 Å². The molecule has 0 amide bonds. The summed E-state index contributed by atoms with van der Waals surface area (Å²) in [6.07, 6.45) is 13.9. The zero-order valence-electron chi connectivity index (χ0n) is 21.8. The Morgan fingerprint density at radius 1 is 0.972 bits per heavy atom. The van der Waals surface area contributed by atoms with E-state index >= 15 is 0 Å². The molecule has 0 aromatic heterocycles. The highest BCUT2D eigenvalue weighted by Crippen LogP contribution is 2.56. The largest absolute Gasteiger partial charge is 0.425 e. The Hall–Kier alpha value is -3.11. The van der Waals surface area contributed by atoms with Crippen molar-refractivity contribution in [1.82, 2.24) is 0 Å². The van der Waals surface area contributed by atoms with E-state index < -0.39 is 5.97 Å². The molecular formula is C32H38N2O2. The first kappa shape index (κ1) is 26.0. The topological polar surface area (TPSA) is 73.9 Å². The van der Waals surface area contributed by atoms with Crippen LogP contribution in [0.15, 0.2) is 36.4 Å². The number of carbonyl (C=O) groups is 1. The lowest BCUT2D eigenvalue weighted by molar-refractivity contribution is -0.134. The van der Waals surface area contributed by atoms with Crippen molar-refractivity contribution >= 4 is 5.97 Å². The fourth-order valence-electron chi connectivity index (χ4n) is 6.66. The maximum Gasteiger partial charge on any atom is 0.310 e. The molecule has 2 aromatic carbocycles. The van der Waals surface area contributed by atoms with Crippen LogP contribution < -0.4 is 4.74 Å². The molecule has 0 N–H and O–H groups in total. The van der Waals surface area contributed by atoms with Gasteiger partial charge in [0.05, 0.1) is 5.56 Å². The monoisotopic (exact) mass is 482 g/mol. The average Bonchev–Trinajstić information content (AvgIpc) is 2.93. The second-order valence-corrected chi connectivity index (χ2v) is 10.7. The van der Waals surface area contributed by atoms with Crippen molar-refractivity contribution in [2.45, 2.75) is 96.3 Å². The third kappa shape index (κ3) is 5.34. The van der Waals surface area contributed by atoms with E-state index in [2.05, 4.69) is 43.3 Å². The van der Waals surface area contributed by atoms with Crippen LogP contribution in [-0.2, 0) is 23.1 Å². The molecule has 0 saturated heterocycles. The first-order valence-electron chi connectivity index (χ1n) is 13.8. The zero-order chi connectivity index (χ0) is 25.5. The van der Waals surface area contributed by atoms with Crippen LogP contribution in [0.1, 0.15) is 106 Å². The summed E-state index contributed by atoms with van der Waals surface area (Å²) >= 11 is 0. The number of hydrogen-bond donors (Lipinski definition) is 0. The number of unbranched alkanes of at least 4 members (excludes halogenated alkanes) is 2. The van der Waals surface area contributed by atoms with Gasteiger partial charge in [-0.25, -0.2) is 0 Å². The van der Waals surface area contributed by atoms with Crippen molar-refractivity contribution in [3.05, 3.63) is 64.2 Å². The Morgan fingerprint density at radius 2 is 1.69 bits per heavy atom. The molecule has 3 saturated carbocycles. The third-order valence-corrected chi connectivity index (χ3v) is 8.75. The van der Waals surface area contributed by atoms with Gasteiger partial charge in [0.2, 0.25) is 0 Å². The molecule has 1 unspecified atom stereocenters. The summed E-state index contributed by atoms with van der Waals surface area (Å²) in [5, 5.41) is 19.4. The minimum absolute atomic E-state index is 0.147. The van der Waals surface area contributed by atoms with Gasteiger partial charge in [0.25, 0.3) is 0 Å². The number of benzene rings is 2. The highest BCUT2D eigenvalue weighted by atomic mass is 16.5. The summed E-state index contributed by atoms with van der Waals surface area (Å²) in [5.41, 5.74) is 4.40. The van der Waals surface area contributed by atoms with Gasteiger partial charge in [-0.15, -0.1) is 0 Å². The summed E-state index contributed by atoms with van der Waals surface area (Å²) in [6, 6.07) is 17.0. The molecule has 3 fully saturated rings. The number of rotatable bonds is 10. The van der Waals surface area contributed by atoms with E-state index in [-0.39, 0.29) is 17.7 Å². The Kier molecular flexibility index (Phi) is 8.48. The smallest absolute Gasteiger partial charge is 0.310 e. The molecule has 0 spiro atoms. The lowest BCUT2D eigenvalue weighted by atomic mass is 9.51. The van der Waals surface area contributed by atoms with Gasteiger partial charge >= 0.3 is 5.97 Å². The Bertz CT molecular complexity index is 1140. The summed E-state index contributed by atoms with van der Waals surface area (Å²) in [6.45, 7) is 3.99. The number of nitrogens with zero attached hydrogens (tertiary/aromatic N) is 2. The van der Waals surface area contributed by atoms with Gasteiger partial charge in [-0.3, -0.25) is 4.79 Å². The zero-order valence-corrected chi connectivity index (χ0v) is 21.8. The molecular weight excluding hydrogens is 444 g/mol. The number of fused-ring (bicyclic) bond motifs is 3. The predicted octanol–water partition coefficient (Wildman–Crippen LogP) is 7.56. The van der Waals surface area contributed by atoms with Crippen molar-refractivity contribution in [2.75, 3.05) is 0 Å². The number of nitriles is 2. The molecule has 188 valence electrons. The van der Waals surface area contributed by atoms with Crippen LogP contribution in [0.3, 0.4) is 0 Å². The van der Waals surface area contributed by atoms with E-state index in [4.69, 9.17) is 4.74 Å². The van der Waals surface area contributed by atoms with Crippen LogP contribution >= 0.6 is 0 Å². The first-order chi connectivity index (χ1) is 17.5. The molecule has 1 atom stereocenters. The van der Waals surface area contributed by atoms with Crippen molar-refractivity contribution < 1.29 is 9.53 Å². The van der Waals surface area contributed by atoms with Crippen LogP contribution in [-0.4, -0.2) is 5.97 Å². The first-order valence-corrected chi connectivity index (χ1v) is 13.8. The van der Waals surface area contributed by atoms with Gasteiger partial charge in [-0.2, -0.15) is 10.5 Å². The summed E-state index contributed by atoms with van der Waals surface area (Å²) in [7, 11) is 0. The lowest BCUT2D eigenvalue weighted by Gasteiger charge is -2.53. The van der Waals surface area contributed by atoms with Crippen molar-refractivity contribution in [3.8, 4) is 17.9 Å². The number of hydrogen-bond acceptors (Lipinski definition) is 4. The average molecular weight is 483 g/mol. The highest BCUT2D eigenvalue weighted by Gasteiger charge is 2.47. The van der Waals surface area contributed by atoms with E-state index in [1.807, 2.05) is 6.07 Å². The molecule has 0 aliphatic heterocycles. The fraction of sp³-hybridized carbons (Fsp3) is 0.531. The number of carbonyl (C=O) groups excluding carboxylic acids is 1. The van der Waals surface area contributed by atoms with Crippen LogP contribution in [0, 0.1) is 34.5 Å². The third-order valence-electron chi connectivity index (χ3n) is 8.75. The van der Waals surface area contributed by atoms with E-state index in [0.717, 1.165) is 23.8 Å². The van der Waals surface area contributed by atoms with Crippen LogP contribution in [0.4, 0.5) is 0 Å². The SMILES string of the molecule is CCCCCC1CC2CCC1(c1ccc(CCc3ccc(OC(=O)CC)c(C#N)c3C#N)cc1)CC2. The number of aryl methyl sites for hydroxylation is 2. The maximum absolute atomic E-state index is 11.7. The van der Waals surface area contributed by atoms with Gasteiger partial charge in [0.15, 0.2) is 0 Å². The highest BCUT2D eigenvalue weighted by molar-refractivity contribution is 5.73. The summed E-state index contributed by atoms with van der Waals surface area (Å²) < 4.78 is 5.27.